The zero-order chi connectivity index (χ0) is 12.3. The molecular formula is C14H25N3. The molecule has 3 nitrogen and oxygen atoms in total. The van der Waals surface area contributed by atoms with Crippen LogP contribution < -0.4 is 5.32 Å². The van der Waals surface area contributed by atoms with Gasteiger partial charge in [-0.25, -0.2) is 4.98 Å². The molecular weight excluding hydrogens is 210 g/mol. The lowest BCUT2D eigenvalue weighted by Gasteiger charge is -2.28. The van der Waals surface area contributed by atoms with Crippen LogP contribution in [0, 0.1) is 5.41 Å². The molecule has 0 amide bonds. The molecule has 96 valence electrons. The quantitative estimate of drug-likeness (QED) is 0.869. The van der Waals surface area contributed by atoms with Gasteiger partial charge in [0.25, 0.3) is 0 Å². The van der Waals surface area contributed by atoms with E-state index >= 15 is 0 Å². The molecule has 17 heavy (non-hydrogen) atoms. The van der Waals surface area contributed by atoms with Crippen molar-refractivity contribution in [1.82, 2.24) is 14.9 Å². The highest BCUT2D eigenvalue weighted by Crippen LogP contribution is 2.27. The first-order valence-electron chi connectivity index (χ1n) is 6.86. The van der Waals surface area contributed by atoms with Gasteiger partial charge in [0.1, 0.15) is 0 Å². The summed E-state index contributed by atoms with van der Waals surface area (Å²) >= 11 is 0. The summed E-state index contributed by atoms with van der Waals surface area (Å²) in [6, 6.07) is 0.513. The van der Waals surface area contributed by atoms with Crippen LogP contribution in [0.25, 0.3) is 0 Å². The molecule has 0 saturated carbocycles. The number of aromatic nitrogens is 2. The number of nitrogens with zero attached hydrogens (tertiary/aromatic N) is 2. The minimum atomic E-state index is 0.351. The highest BCUT2D eigenvalue weighted by molar-refractivity contribution is 5.06. The number of rotatable bonds is 4. The number of piperidine rings is 1. The maximum absolute atomic E-state index is 4.34. The predicted molar refractivity (Wildman–Crippen MR) is 70.9 cm³/mol. The van der Waals surface area contributed by atoms with Gasteiger partial charge in [0.15, 0.2) is 0 Å². The van der Waals surface area contributed by atoms with Crippen LogP contribution in [-0.2, 0) is 6.54 Å². The molecule has 2 heterocycles. The molecule has 1 aliphatic heterocycles. The maximum Gasteiger partial charge on any atom is 0.0948 e. The third kappa shape index (κ3) is 3.09. The average molecular weight is 235 g/mol. The van der Waals surface area contributed by atoms with Crippen LogP contribution >= 0.6 is 0 Å². The van der Waals surface area contributed by atoms with Crippen molar-refractivity contribution in [1.29, 1.82) is 0 Å². The molecule has 1 aliphatic rings. The number of imidazole rings is 1. The second-order valence-electron chi connectivity index (χ2n) is 5.97. The smallest absolute Gasteiger partial charge is 0.0948 e. The minimum Gasteiger partial charge on any atom is -0.333 e. The highest BCUT2D eigenvalue weighted by Gasteiger charge is 2.22. The van der Waals surface area contributed by atoms with E-state index in [4.69, 9.17) is 0 Å². The molecule has 0 spiro atoms. The molecule has 1 aromatic heterocycles. The van der Waals surface area contributed by atoms with E-state index in [0.29, 0.717) is 11.5 Å². The van der Waals surface area contributed by atoms with E-state index in [0.717, 1.165) is 13.1 Å². The Morgan fingerprint density at radius 3 is 2.94 bits per heavy atom. The lowest BCUT2D eigenvalue weighted by molar-refractivity contribution is 0.282. The Morgan fingerprint density at radius 2 is 2.29 bits per heavy atom. The fourth-order valence-corrected chi connectivity index (χ4v) is 2.43. The number of hydrogen-bond acceptors (Lipinski definition) is 2. The standard InChI is InChI=1S/C14H25N3/c1-4-14(2,3)10-17-11-15-9-13(17)12-7-5-6-8-16-12/h9,11-12,16H,4-8,10H2,1-3H3. The summed E-state index contributed by atoms with van der Waals surface area (Å²) in [4.78, 5) is 4.34. The Kier molecular flexibility index (Phi) is 3.87. The fraction of sp³-hybridized carbons (Fsp3) is 0.786. The fourth-order valence-electron chi connectivity index (χ4n) is 2.43. The van der Waals surface area contributed by atoms with Crippen molar-refractivity contribution in [3.8, 4) is 0 Å². The van der Waals surface area contributed by atoms with E-state index in [1.165, 1.54) is 31.4 Å². The Hall–Kier alpha value is -0.830. The van der Waals surface area contributed by atoms with E-state index in [-0.39, 0.29) is 0 Å². The predicted octanol–water partition coefficient (Wildman–Crippen LogP) is 3.13. The highest BCUT2D eigenvalue weighted by atomic mass is 15.1. The normalized spacial score (nSPS) is 21.7. The molecule has 1 aromatic rings. The molecule has 1 unspecified atom stereocenters. The summed E-state index contributed by atoms with van der Waals surface area (Å²) in [5.41, 5.74) is 1.72. The first-order chi connectivity index (χ1) is 8.12. The van der Waals surface area contributed by atoms with Crippen LogP contribution in [0.15, 0.2) is 12.5 Å². The maximum atomic E-state index is 4.34. The third-order valence-electron chi connectivity index (χ3n) is 3.97. The van der Waals surface area contributed by atoms with Crippen molar-refractivity contribution in [3.05, 3.63) is 18.2 Å². The van der Waals surface area contributed by atoms with Crippen LogP contribution in [-0.4, -0.2) is 16.1 Å². The average Bonchev–Trinajstić information content (AvgIpc) is 2.77. The monoisotopic (exact) mass is 235 g/mol. The van der Waals surface area contributed by atoms with Gasteiger partial charge in [-0.1, -0.05) is 27.2 Å². The van der Waals surface area contributed by atoms with Crippen molar-refractivity contribution >= 4 is 0 Å². The largest absolute Gasteiger partial charge is 0.333 e. The zero-order valence-corrected chi connectivity index (χ0v) is 11.4. The van der Waals surface area contributed by atoms with Gasteiger partial charge in [0, 0.05) is 18.8 Å². The second kappa shape index (κ2) is 5.21. The Morgan fingerprint density at radius 1 is 1.47 bits per heavy atom. The third-order valence-corrected chi connectivity index (χ3v) is 3.97. The lowest BCUT2D eigenvalue weighted by Crippen LogP contribution is -2.30. The van der Waals surface area contributed by atoms with Gasteiger partial charge in [-0.15, -0.1) is 0 Å². The molecule has 1 atom stereocenters. The summed E-state index contributed by atoms with van der Waals surface area (Å²) in [7, 11) is 0. The van der Waals surface area contributed by atoms with Crippen LogP contribution in [0.3, 0.4) is 0 Å². The van der Waals surface area contributed by atoms with E-state index in [1.807, 2.05) is 12.5 Å². The van der Waals surface area contributed by atoms with Gasteiger partial charge in [-0.2, -0.15) is 0 Å². The van der Waals surface area contributed by atoms with Gasteiger partial charge >= 0.3 is 0 Å². The van der Waals surface area contributed by atoms with Crippen LogP contribution in [0.4, 0.5) is 0 Å². The van der Waals surface area contributed by atoms with Gasteiger partial charge in [-0.05, 0) is 31.2 Å². The first kappa shape index (κ1) is 12.6. The molecule has 1 saturated heterocycles. The molecule has 0 aliphatic carbocycles. The zero-order valence-electron chi connectivity index (χ0n) is 11.4. The van der Waals surface area contributed by atoms with Crippen molar-refractivity contribution in [3.63, 3.8) is 0 Å². The summed E-state index contributed by atoms with van der Waals surface area (Å²) in [6.07, 6.45) is 9.11. The Balaban J connectivity index is 2.10. The van der Waals surface area contributed by atoms with Crippen LogP contribution in [0.2, 0.25) is 0 Å². The lowest BCUT2D eigenvalue weighted by atomic mass is 9.90. The number of hydrogen-bond donors (Lipinski definition) is 1. The van der Waals surface area contributed by atoms with Crippen molar-refractivity contribution in [2.45, 2.75) is 59.0 Å². The van der Waals surface area contributed by atoms with Crippen molar-refractivity contribution in [2.24, 2.45) is 5.41 Å². The van der Waals surface area contributed by atoms with E-state index in [2.05, 4.69) is 35.6 Å². The van der Waals surface area contributed by atoms with Crippen LogP contribution in [0.5, 0.6) is 0 Å². The summed E-state index contributed by atoms with van der Waals surface area (Å²) < 4.78 is 2.34. The van der Waals surface area contributed by atoms with Crippen molar-refractivity contribution < 1.29 is 0 Å². The second-order valence-corrected chi connectivity index (χ2v) is 5.97. The number of nitrogens with one attached hydrogen (secondary N) is 1. The molecule has 1 N–H and O–H groups in total. The summed E-state index contributed by atoms with van der Waals surface area (Å²) in [5.74, 6) is 0. The van der Waals surface area contributed by atoms with Gasteiger partial charge in [0.05, 0.1) is 12.0 Å². The van der Waals surface area contributed by atoms with Gasteiger partial charge < -0.3 is 9.88 Å². The Labute approximate surface area is 105 Å². The molecule has 1 fully saturated rings. The molecule has 0 aromatic carbocycles. The molecule has 3 heteroatoms. The van der Waals surface area contributed by atoms with Crippen LogP contribution in [0.1, 0.15) is 58.2 Å². The van der Waals surface area contributed by atoms with Crippen molar-refractivity contribution in [2.75, 3.05) is 6.54 Å². The van der Waals surface area contributed by atoms with Gasteiger partial charge in [-0.3, -0.25) is 0 Å². The molecule has 0 radical (unpaired) electrons. The molecule has 2 rings (SSSR count). The van der Waals surface area contributed by atoms with E-state index in [9.17, 15) is 0 Å². The van der Waals surface area contributed by atoms with E-state index < -0.39 is 0 Å². The van der Waals surface area contributed by atoms with Gasteiger partial charge in [0.2, 0.25) is 0 Å². The first-order valence-corrected chi connectivity index (χ1v) is 6.86. The minimum absolute atomic E-state index is 0.351. The SMILES string of the molecule is CCC(C)(C)Cn1cncc1C1CCCCN1. The Bertz CT molecular complexity index is 348. The molecule has 0 bridgehead atoms. The summed E-state index contributed by atoms with van der Waals surface area (Å²) in [5, 5.41) is 3.60. The van der Waals surface area contributed by atoms with E-state index in [1.54, 1.807) is 0 Å². The summed E-state index contributed by atoms with van der Waals surface area (Å²) in [6.45, 7) is 9.12. The topological polar surface area (TPSA) is 29.9 Å².